The molecular weight excluding hydrogens is 338 g/mol. The fourth-order valence-corrected chi connectivity index (χ4v) is 2.60. The van der Waals surface area contributed by atoms with E-state index in [2.05, 4.69) is 39.5 Å². The van der Waals surface area contributed by atoms with Crippen molar-refractivity contribution in [3.8, 4) is 17.4 Å². The SMILES string of the molecule is COc1ccc(Oc2ccc(CNCc3ccc(N(C)C)cc3)cn2)cc1. The van der Waals surface area contributed by atoms with E-state index in [0.29, 0.717) is 5.88 Å². The number of rotatable bonds is 8. The van der Waals surface area contributed by atoms with Gasteiger partial charge in [0, 0.05) is 45.1 Å². The fraction of sp³-hybridized carbons (Fsp3) is 0.227. The average molecular weight is 363 g/mol. The minimum Gasteiger partial charge on any atom is -0.497 e. The van der Waals surface area contributed by atoms with Gasteiger partial charge in [0.2, 0.25) is 5.88 Å². The maximum Gasteiger partial charge on any atom is 0.219 e. The van der Waals surface area contributed by atoms with Crippen LogP contribution >= 0.6 is 0 Å². The lowest BCUT2D eigenvalue weighted by atomic mass is 10.2. The molecule has 5 nitrogen and oxygen atoms in total. The van der Waals surface area contributed by atoms with Gasteiger partial charge in [0.1, 0.15) is 11.5 Å². The molecule has 0 unspecified atom stereocenters. The van der Waals surface area contributed by atoms with Crippen molar-refractivity contribution in [2.75, 3.05) is 26.1 Å². The Morgan fingerprint density at radius 3 is 2.04 bits per heavy atom. The predicted molar refractivity (Wildman–Crippen MR) is 109 cm³/mol. The van der Waals surface area contributed by atoms with Gasteiger partial charge in [-0.25, -0.2) is 4.98 Å². The lowest BCUT2D eigenvalue weighted by molar-refractivity contribution is 0.412. The number of benzene rings is 2. The summed E-state index contributed by atoms with van der Waals surface area (Å²) in [4.78, 5) is 6.47. The van der Waals surface area contributed by atoms with Crippen LogP contribution in [0.5, 0.6) is 17.4 Å². The van der Waals surface area contributed by atoms with Crippen molar-refractivity contribution < 1.29 is 9.47 Å². The summed E-state index contributed by atoms with van der Waals surface area (Å²) in [6, 6.07) is 19.9. The van der Waals surface area contributed by atoms with Crippen molar-refractivity contribution in [2.24, 2.45) is 0 Å². The fourth-order valence-electron chi connectivity index (χ4n) is 2.60. The van der Waals surface area contributed by atoms with E-state index in [1.807, 2.05) is 56.7 Å². The van der Waals surface area contributed by atoms with Crippen LogP contribution in [0.4, 0.5) is 5.69 Å². The maximum atomic E-state index is 5.75. The lowest BCUT2D eigenvalue weighted by Crippen LogP contribution is -2.13. The maximum absolute atomic E-state index is 5.75. The number of anilines is 1. The second-order valence-electron chi connectivity index (χ2n) is 6.45. The Hall–Kier alpha value is -3.05. The first-order valence-corrected chi connectivity index (χ1v) is 8.88. The van der Waals surface area contributed by atoms with Crippen LogP contribution in [0, 0.1) is 0 Å². The molecule has 0 aliphatic rings. The van der Waals surface area contributed by atoms with Crippen molar-refractivity contribution in [3.63, 3.8) is 0 Å². The Morgan fingerprint density at radius 2 is 1.44 bits per heavy atom. The third-order valence-electron chi connectivity index (χ3n) is 4.19. The zero-order valence-corrected chi connectivity index (χ0v) is 16.0. The van der Waals surface area contributed by atoms with E-state index in [4.69, 9.17) is 9.47 Å². The van der Waals surface area contributed by atoms with Gasteiger partial charge in [-0.1, -0.05) is 18.2 Å². The van der Waals surface area contributed by atoms with Gasteiger partial charge in [-0.05, 0) is 47.5 Å². The van der Waals surface area contributed by atoms with Crippen LogP contribution in [-0.4, -0.2) is 26.2 Å². The van der Waals surface area contributed by atoms with Crippen LogP contribution in [0.1, 0.15) is 11.1 Å². The monoisotopic (exact) mass is 363 g/mol. The van der Waals surface area contributed by atoms with E-state index in [-0.39, 0.29) is 0 Å². The molecule has 0 saturated heterocycles. The highest BCUT2D eigenvalue weighted by atomic mass is 16.5. The molecule has 1 heterocycles. The summed E-state index contributed by atoms with van der Waals surface area (Å²) in [7, 11) is 5.73. The highest BCUT2D eigenvalue weighted by Crippen LogP contribution is 2.22. The molecule has 5 heteroatoms. The number of ether oxygens (including phenoxy) is 2. The van der Waals surface area contributed by atoms with Crippen LogP contribution < -0.4 is 19.7 Å². The first-order chi connectivity index (χ1) is 13.1. The summed E-state index contributed by atoms with van der Waals surface area (Å²) in [5.74, 6) is 2.10. The average Bonchev–Trinajstić information content (AvgIpc) is 2.70. The van der Waals surface area contributed by atoms with Gasteiger partial charge in [-0.3, -0.25) is 0 Å². The van der Waals surface area contributed by atoms with Gasteiger partial charge in [0.25, 0.3) is 0 Å². The van der Waals surface area contributed by atoms with Gasteiger partial charge in [-0.2, -0.15) is 0 Å². The Balaban J connectivity index is 1.48. The molecule has 0 fully saturated rings. The smallest absolute Gasteiger partial charge is 0.219 e. The summed E-state index contributed by atoms with van der Waals surface area (Å²) in [6.45, 7) is 1.57. The van der Waals surface area contributed by atoms with Gasteiger partial charge >= 0.3 is 0 Å². The second kappa shape index (κ2) is 9.05. The minimum atomic E-state index is 0.572. The first-order valence-electron chi connectivity index (χ1n) is 8.88. The van der Waals surface area contributed by atoms with Crippen molar-refractivity contribution >= 4 is 5.69 Å². The highest BCUT2D eigenvalue weighted by Gasteiger charge is 2.01. The number of hydrogen-bond acceptors (Lipinski definition) is 5. The molecule has 3 aromatic rings. The molecule has 27 heavy (non-hydrogen) atoms. The quantitative estimate of drug-likeness (QED) is 0.649. The van der Waals surface area contributed by atoms with E-state index in [0.717, 1.165) is 30.2 Å². The summed E-state index contributed by atoms with van der Waals surface area (Å²) in [5, 5.41) is 3.44. The molecule has 0 amide bonds. The van der Waals surface area contributed by atoms with Crippen LogP contribution in [0.25, 0.3) is 0 Å². The molecule has 2 aromatic carbocycles. The third kappa shape index (κ3) is 5.46. The number of nitrogens with one attached hydrogen (secondary N) is 1. The van der Waals surface area contributed by atoms with Gasteiger partial charge < -0.3 is 19.7 Å². The zero-order valence-electron chi connectivity index (χ0n) is 16.0. The summed E-state index contributed by atoms with van der Waals surface area (Å²) >= 11 is 0. The van der Waals surface area contributed by atoms with Gasteiger partial charge in [0.05, 0.1) is 7.11 Å². The van der Waals surface area contributed by atoms with E-state index in [9.17, 15) is 0 Å². The van der Waals surface area contributed by atoms with E-state index < -0.39 is 0 Å². The van der Waals surface area contributed by atoms with Crippen LogP contribution in [-0.2, 0) is 13.1 Å². The van der Waals surface area contributed by atoms with E-state index in [1.165, 1.54) is 11.3 Å². The van der Waals surface area contributed by atoms with Crippen molar-refractivity contribution in [1.29, 1.82) is 0 Å². The highest BCUT2D eigenvalue weighted by molar-refractivity contribution is 5.46. The van der Waals surface area contributed by atoms with Crippen LogP contribution in [0.3, 0.4) is 0 Å². The predicted octanol–water partition coefficient (Wildman–Crippen LogP) is 4.24. The third-order valence-corrected chi connectivity index (χ3v) is 4.19. The summed E-state index contributed by atoms with van der Waals surface area (Å²) in [6.07, 6.45) is 1.83. The molecule has 3 rings (SSSR count). The standard InChI is InChI=1S/C22H25N3O2/c1-25(2)19-7-4-17(5-8-19)14-23-15-18-6-13-22(24-16-18)27-21-11-9-20(26-3)10-12-21/h4-13,16,23H,14-15H2,1-3H3. The molecule has 140 valence electrons. The van der Waals surface area contributed by atoms with Crippen LogP contribution in [0.2, 0.25) is 0 Å². The van der Waals surface area contributed by atoms with E-state index in [1.54, 1.807) is 7.11 Å². The van der Waals surface area contributed by atoms with Crippen LogP contribution in [0.15, 0.2) is 66.9 Å². The zero-order chi connectivity index (χ0) is 19.1. The number of methoxy groups -OCH3 is 1. The van der Waals surface area contributed by atoms with Gasteiger partial charge in [-0.15, -0.1) is 0 Å². The minimum absolute atomic E-state index is 0.572. The number of hydrogen-bond donors (Lipinski definition) is 1. The van der Waals surface area contributed by atoms with Crippen molar-refractivity contribution in [3.05, 3.63) is 78.0 Å². The molecule has 0 atom stereocenters. The number of pyridine rings is 1. The second-order valence-corrected chi connectivity index (χ2v) is 6.45. The number of nitrogens with zero attached hydrogens (tertiary/aromatic N) is 2. The molecular formula is C22H25N3O2. The first kappa shape index (κ1) is 18.7. The normalized spacial score (nSPS) is 10.5. The summed E-state index contributed by atoms with van der Waals surface area (Å²) < 4.78 is 10.9. The molecule has 0 bridgehead atoms. The van der Waals surface area contributed by atoms with Crippen molar-refractivity contribution in [2.45, 2.75) is 13.1 Å². The molecule has 0 aliphatic carbocycles. The molecule has 0 spiro atoms. The Bertz CT molecular complexity index is 829. The number of aromatic nitrogens is 1. The largest absolute Gasteiger partial charge is 0.497 e. The lowest BCUT2D eigenvalue weighted by Gasteiger charge is -2.13. The molecule has 0 radical (unpaired) electrons. The molecule has 0 saturated carbocycles. The Kier molecular flexibility index (Phi) is 6.28. The summed E-state index contributed by atoms with van der Waals surface area (Å²) in [5.41, 5.74) is 3.57. The van der Waals surface area contributed by atoms with E-state index >= 15 is 0 Å². The Morgan fingerprint density at radius 1 is 0.815 bits per heavy atom. The van der Waals surface area contributed by atoms with Crippen molar-refractivity contribution in [1.82, 2.24) is 10.3 Å². The molecule has 0 aliphatic heterocycles. The molecule has 1 aromatic heterocycles. The van der Waals surface area contributed by atoms with Gasteiger partial charge in [0.15, 0.2) is 0 Å². The Labute approximate surface area is 160 Å². The topological polar surface area (TPSA) is 46.6 Å². The molecule has 1 N–H and O–H groups in total.